The number of ether oxygens (including phenoxy) is 2. The summed E-state index contributed by atoms with van der Waals surface area (Å²) in [7, 11) is 3.47. The number of benzene rings is 2. The van der Waals surface area contributed by atoms with Crippen molar-refractivity contribution in [2.45, 2.75) is 6.54 Å². The zero-order chi connectivity index (χ0) is 20.5. The Kier molecular flexibility index (Phi) is 7.58. The van der Waals surface area contributed by atoms with Gasteiger partial charge in [-0.15, -0.1) is 0 Å². The summed E-state index contributed by atoms with van der Waals surface area (Å²) >= 11 is 0. The van der Waals surface area contributed by atoms with Gasteiger partial charge in [-0.05, 0) is 29.8 Å². The van der Waals surface area contributed by atoms with Gasteiger partial charge in [-0.25, -0.2) is 0 Å². The van der Waals surface area contributed by atoms with Gasteiger partial charge in [0.15, 0.2) is 5.96 Å². The molecule has 2 aromatic rings. The Hall–Kier alpha value is -2.93. The summed E-state index contributed by atoms with van der Waals surface area (Å²) in [5, 5.41) is 13.5. The molecular weight excluding hydrogens is 368 g/mol. The van der Waals surface area contributed by atoms with Gasteiger partial charge in [0.1, 0.15) is 18.1 Å². The number of piperazine rings is 1. The van der Waals surface area contributed by atoms with E-state index >= 15 is 0 Å². The number of hydrogen-bond acceptors (Lipinski definition) is 5. The number of anilines is 1. The molecule has 0 aliphatic carbocycles. The maximum atomic E-state index is 10.1. The van der Waals surface area contributed by atoms with Gasteiger partial charge in [-0.2, -0.15) is 0 Å². The number of phenolic OH excluding ortho intramolecular Hbond substituents is 1. The van der Waals surface area contributed by atoms with Crippen molar-refractivity contribution in [3.05, 3.63) is 54.1 Å². The van der Waals surface area contributed by atoms with Crippen LogP contribution < -0.4 is 15.0 Å². The zero-order valence-electron chi connectivity index (χ0n) is 17.2. The highest BCUT2D eigenvalue weighted by Crippen LogP contribution is 2.27. The van der Waals surface area contributed by atoms with Crippen LogP contribution in [0.2, 0.25) is 0 Å². The van der Waals surface area contributed by atoms with Crippen LogP contribution in [0.3, 0.4) is 0 Å². The predicted octanol–water partition coefficient (Wildman–Crippen LogP) is 2.32. The first kappa shape index (κ1) is 20.8. The number of aromatic hydroxyl groups is 1. The number of aliphatic imine (C=N–C) groups is 1. The molecule has 0 spiro atoms. The normalized spacial score (nSPS) is 14.8. The molecule has 7 heteroatoms. The van der Waals surface area contributed by atoms with E-state index in [9.17, 15) is 5.11 Å². The topological polar surface area (TPSA) is 69.6 Å². The third kappa shape index (κ3) is 5.77. The first-order valence-electron chi connectivity index (χ1n) is 9.90. The fourth-order valence-electron chi connectivity index (χ4n) is 3.35. The highest BCUT2D eigenvalue weighted by molar-refractivity contribution is 5.80. The van der Waals surface area contributed by atoms with Crippen molar-refractivity contribution >= 4 is 11.6 Å². The molecule has 0 radical (unpaired) electrons. The van der Waals surface area contributed by atoms with Crippen LogP contribution in [-0.4, -0.2) is 69.5 Å². The molecule has 2 aromatic carbocycles. The molecule has 156 valence electrons. The molecule has 2 N–H and O–H groups in total. The molecule has 0 saturated carbocycles. The maximum Gasteiger partial charge on any atom is 0.194 e. The molecule has 3 rings (SSSR count). The Labute approximate surface area is 172 Å². The smallest absolute Gasteiger partial charge is 0.194 e. The molecule has 1 aliphatic heterocycles. The van der Waals surface area contributed by atoms with Crippen LogP contribution in [0.15, 0.2) is 53.5 Å². The van der Waals surface area contributed by atoms with Gasteiger partial charge in [0, 0.05) is 46.9 Å². The average molecular weight is 399 g/mol. The lowest BCUT2D eigenvalue weighted by Gasteiger charge is -2.37. The van der Waals surface area contributed by atoms with E-state index in [1.165, 1.54) is 0 Å². The Morgan fingerprint density at radius 3 is 2.41 bits per heavy atom. The van der Waals surface area contributed by atoms with Gasteiger partial charge in [-0.3, -0.25) is 4.99 Å². The van der Waals surface area contributed by atoms with Gasteiger partial charge >= 0.3 is 0 Å². The Balaban J connectivity index is 1.48. The second-order valence-corrected chi connectivity index (χ2v) is 6.85. The zero-order valence-corrected chi connectivity index (χ0v) is 17.2. The second kappa shape index (κ2) is 10.6. The molecule has 0 unspecified atom stereocenters. The van der Waals surface area contributed by atoms with E-state index in [-0.39, 0.29) is 0 Å². The molecule has 0 amide bonds. The Bertz CT molecular complexity index is 787. The van der Waals surface area contributed by atoms with Gasteiger partial charge in [0.05, 0.1) is 12.3 Å². The van der Waals surface area contributed by atoms with E-state index in [0.717, 1.165) is 49.1 Å². The molecule has 29 heavy (non-hydrogen) atoms. The molecule has 7 nitrogen and oxygen atoms in total. The summed E-state index contributed by atoms with van der Waals surface area (Å²) in [6.07, 6.45) is 0. The van der Waals surface area contributed by atoms with Crippen molar-refractivity contribution in [3.63, 3.8) is 0 Å². The van der Waals surface area contributed by atoms with Crippen molar-refractivity contribution in [1.29, 1.82) is 0 Å². The van der Waals surface area contributed by atoms with Crippen LogP contribution in [0, 0.1) is 0 Å². The Morgan fingerprint density at radius 1 is 1.03 bits per heavy atom. The lowest BCUT2D eigenvalue weighted by Crippen LogP contribution is -2.52. The van der Waals surface area contributed by atoms with Crippen LogP contribution in [0.25, 0.3) is 0 Å². The molecule has 0 atom stereocenters. The van der Waals surface area contributed by atoms with Gasteiger partial charge < -0.3 is 29.7 Å². The minimum absolute atomic E-state index is 0.332. The van der Waals surface area contributed by atoms with E-state index in [0.29, 0.717) is 25.5 Å². The molecule has 0 aromatic heterocycles. The first-order chi connectivity index (χ1) is 14.2. The Morgan fingerprint density at radius 2 is 1.76 bits per heavy atom. The number of nitrogens with zero attached hydrogens (tertiary/aromatic N) is 3. The summed E-state index contributed by atoms with van der Waals surface area (Å²) in [5.74, 6) is 2.07. The van der Waals surface area contributed by atoms with E-state index < -0.39 is 0 Å². The minimum atomic E-state index is 0.332. The number of rotatable bonds is 7. The fourth-order valence-corrected chi connectivity index (χ4v) is 3.35. The summed E-state index contributed by atoms with van der Waals surface area (Å²) in [6.45, 7) is 5.20. The van der Waals surface area contributed by atoms with Gasteiger partial charge in [0.2, 0.25) is 0 Å². The van der Waals surface area contributed by atoms with Crippen LogP contribution in [0.1, 0.15) is 5.56 Å². The standard InChI is InChI=1S/C22H30N4O3/c1-23-22(24-17-18-7-9-19(10-8-18)29-16-15-28-2)26-13-11-25(12-14-26)20-5-3-4-6-21(20)27/h3-10,27H,11-17H2,1-2H3,(H,23,24). The first-order valence-corrected chi connectivity index (χ1v) is 9.90. The number of nitrogens with one attached hydrogen (secondary N) is 1. The SMILES string of the molecule is CN=C(NCc1ccc(OCCOC)cc1)N1CCN(c2ccccc2O)CC1. The van der Waals surface area contributed by atoms with Crippen LogP contribution in [0.4, 0.5) is 5.69 Å². The number of phenols is 1. The number of guanidine groups is 1. The fraction of sp³-hybridized carbons (Fsp3) is 0.409. The third-order valence-electron chi connectivity index (χ3n) is 4.94. The molecule has 0 bridgehead atoms. The quantitative estimate of drug-likeness (QED) is 0.424. The van der Waals surface area contributed by atoms with E-state index in [1.54, 1.807) is 13.2 Å². The average Bonchev–Trinajstić information content (AvgIpc) is 2.76. The van der Waals surface area contributed by atoms with Crippen LogP contribution >= 0.6 is 0 Å². The molecule has 1 fully saturated rings. The molecule has 1 saturated heterocycles. The molecular formula is C22H30N4O3. The second-order valence-electron chi connectivity index (χ2n) is 6.85. The van der Waals surface area contributed by atoms with E-state index in [4.69, 9.17) is 9.47 Å². The summed E-state index contributed by atoms with van der Waals surface area (Å²) < 4.78 is 10.6. The summed E-state index contributed by atoms with van der Waals surface area (Å²) in [6, 6.07) is 15.5. The predicted molar refractivity (Wildman–Crippen MR) is 116 cm³/mol. The molecule has 1 aliphatic rings. The minimum Gasteiger partial charge on any atom is -0.506 e. The third-order valence-corrected chi connectivity index (χ3v) is 4.94. The van der Waals surface area contributed by atoms with Crippen molar-refractivity contribution in [2.75, 3.05) is 58.5 Å². The van der Waals surface area contributed by atoms with Gasteiger partial charge in [0.25, 0.3) is 0 Å². The van der Waals surface area contributed by atoms with Crippen molar-refractivity contribution in [2.24, 2.45) is 4.99 Å². The number of para-hydroxylation sites is 2. The van der Waals surface area contributed by atoms with Crippen LogP contribution in [0.5, 0.6) is 11.5 Å². The maximum absolute atomic E-state index is 10.1. The highest BCUT2D eigenvalue weighted by Gasteiger charge is 2.21. The van der Waals surface area contributed by atoms with Crippen LogP contribution in [-0.2, 0) is 11.3 Å². The largest absolute Gasteiger partial charge is 0.506 e. The lowest BCUT2D eigenvalue weighted by molar-refractivity contribution is 0.146. The van der Waals surface area contributed by atoms with E-state index in [1.807, 2.05) is 37.4 Å². The summed E-state index contributed by atoms with van der Waals surface area (Å²) in [5.41, 5.74) is 2.06. The van der Waals surface area contributed by atoms with E-state index in [2.05, 4.69) is 32.2 Å². The van der Waals surface area contributed by atoms with Crippen molar-refractivity contribution < 1.29 is 14.6 Å². The highest BCUT2D eigenvalue weighted by atomic mass is 16.5. The number of methoxy groups -OCH3 is 1. The van der Waals surface area contributed by atoms with Crippen molar-refractivity contribution in [1.82, 2.24) is 10.2 Å². The molecule has 1 heterocycles. The monoisotopic (exact) mass is 398 g/mol. The van der Waals surface area contributed by atoms with Crippen molar-refractivity contribution in [3.8, 4) is 11.5 Å². The number of hydrogen-bond donors (Lipinski definition) is 2. The lowest BCUT2D eigenvalue weighted by atomic mass is 10.2. The summed E-state index contributed by atoms with van der Waals surface area (Å²) in [4.78, 5) is 8.89. The van der Waals surface area contributed by atoms with Gasteiger partial charge in [-0.1, -0.05) is 24.3 Å².